The van der Waals surface area contributed by atoms with Gasteiger partial charge in [0, 0.05) is 25.5 Å². The maximum atomic E-state index is 13.2. The van der Waals surface area contributed by atoms with E-state index in [0.29, 0.717) is 5.82 Å². The average Bonchev–Trinajstić information content (AvgIpc) is 3.39. The lowest BCUT2D eigenvalue weighted by Crippen LogP contribution is -2.30. The number of benzene rings is 2. The minimum atomic E-state index is -4.01. The minimum absolute atomic E-state index is 0.0687. The Bertz CT molecular complexity index is 1320. The van der Waals surface area contributed by atoms with E-state index in [1.165, 1.54) is 32.4 Å². The van der Waals surface area contributed by atoms with Crippen LogP contribution in [0.25, 0.3) is 11.4 Å². The molecule has 0 atom stereocenters. The number of aryl methyl sites for hydroxylation is 1. The number of imide groups is 1. The number of hydrogen-bond acceptors (Lipinski definition) is 8. The van der Waals surface area contributed by atoms with Gasteiger partial charge in [0.15, 0.2) is 0 Å². The summed E-state index contributed by atoms with van der Waals surface area (Å²) in [6, 6.07) is 11.5. The molecule has 1 saturated heterocycles. The molecule has 2 amide bonds. The average molecular weight is 471 g/mol. The Morgan fingerprint density at radius 1 is 1.12 bits per heavy atom. The third-order valence-electron chi connectivity index (χ3n) is 5.36. The van der Waals surface area contributed by atoms with E-state index in [4.69, 9.17) is 9.26 Å². The monoisotopic (exact) mass is 470 g/mol. The van der Waals surface area contributed by atoms with Crippen molar-refractivity contribution in [1.29, 1.82) is 0 Å². The Kier molecular flexibility index (Phi) is 6.00. The van der Waals surface area contributed by atoms with Gasteiger partial charge in [0.2, 0.25) is 33.6 Å². The van der Waals surface area contributed by atoms with Gasteiger partial charge in [-0.15, -0.1) is 0 Å². The van der Waals surface area contributed by atoms with E-state index in [-0.39, 0.29) is 41.6 Å². The fourth-order valence-corrected chi connectivity index (χ4v) is 4.70. The lowest BCUT2D eigenvalue weighted by molar-refractivity contribution is -0.121. The molecule has 0 bridgehead atoms. The van der Waals surface area contributed by atoms with Crippen LogP contribution in [0.4, 0.5) is 5.69 Å². The summed E-state index contributed by atoms with van der Waals surface area (Å²) in [6.07, 6.45) is 0.137. The van der Waals surface area contributed by atoms with Crippen LogP contribution in [0.1, 0.15) is 24.3 Å². The van der Waals surface area contributed by atoms with Gasteiger partial charge in [0.05, 0.1) is 24.2 Å². The van der Waals surface area contributed by atoms with Gasteiger partial charge in [-0.2, -0.15) is 9.29 Å². The van der Waals surface area contributed by atoms with Crippen LogP contribution in [0.5, 0.6) is 5.75 Å². The number of amides is 2. The highest BCUT2D eigenvalue weighted by Gasteiger charge is 2.34. The number of carbonyl (C=O) groups is 2. The molecule has 10 nitrogen and oxygen atoms in total. The molecule has 1 aliphatic heterocycles. The van der Waals surface area contributed by atoms with Gasteiger partial charge in [-0.25, -0.2) is 13.3 Å². The fourth-order valence-electron chi connectivity index (χ4n) is 3.56. The smallest absolute Gasteiger partial charge is 0.243 e. The lowest BCUT2D eigenvalue weighted by Gasteiger charge is -2.20. The Morgan fingerprint density at radius 3 is 2.48 bits per heavy atom. The molecule has 1 aromatic heterocycles. The van der Waals surface area contributed by atoms with Gasteiger partial charge >= 0.3 is 0 Å². The first-order valence-corrected chi connectivity index (χ1v) is 11.5. The predicted octanol–water partition coefficient (Wildman–Crippen LogP) is 2.53. The molecule has 0 N–H and O–H groups in total. The molecular formula is C22H22N4O6S. The molecular weight excluding hydrogens is 448 g/mol. The van der Waals surface area contributed by atoms with Crippen molar-refractivity contribution in [3.63, 3.8) is 0 Å². The van der Waals surface area contributed by atoms with Crippen molar-refractivity contribution in [3.8, 4) is 17.1 Å². The van der Waals surface area contributed by atoms with Crippen LogP contribution in [0.15, 0.2) is 51.9 Å². The highest BCUT2D eigenvalue weighted by atomic mass is 32.2. The van der Waals surface area contributed by atoms with Crippen LogP contribution in [0, 0.1) is 6.92 Å². The minimum Gasteiger partial charge on any atom is -0.495 e. The number of ether oxygens (including phenoxy) is 1. The fraction of sp³-hybridized carbons (Fsp3) is 0.273. The summed E-state index contributed by atoms with van der Waals surface area (Å²) < 4.78 is 38.0. The van der Waals surface area contributed by atoms with E-state index < -0.39 is 21.8 Å². The maximum Gasteiger partial charge on any atom is 0.243 e. The third kappa shape index (κ3) is 4.24. The van der Waals surface area contributed by atoms with E-state index in [1.807, 2.05) is 31.2 Å². The number of hydrogen-bond donors (Lipinski definition) is 0. The van der Waals surface area contributed by atoms with Crippen molar-refractivity contribution in [2.75, 3.05) is 19.1 Å². The third-order valence-corrected chi connectivity index (χ3v) is 7.16. The number of sulfonamides is 1. The number of rotatable bonds is 7. The molecule has 0 saturated carbocycles. The quantitative estimate of drug-likeness (QED) is 0.483. The first kappa shape index (κ1) is 22.6. The van der Waals surface area contributed by atoms with Gasteiger partial charge in [-0.05, 0) is 30.7 Å². The zero-order valence-corrected chi connectivity index (χ0v) is 19.1. The number of carbonyl (C=O) groups excluding carboxylic acids is 2. The molecule has 2 heterocycles. The summed E-state index contributed by atoms with van der Waals surface area (Å²) in [5.41, 5.74) is 1.85. The SMILES string of the molecule is COc1ccc(S(=O)(=O)N(C)Cc2nc(-c3ccccc3C)no2)cc1N1C(=O)CCC1=O. The molecule has 0 spiro atoms. The van der Waals surface area contributed by atoms with Crippen molar-refractivity contribution in [3.05, 3.63) is 53.9 Å². The second kappa shape index (κ2) is 8.75. The second-order valence-corrected chi connectivity index (χ2v) is 9.59. The summed E-state index contributed by atoms with van der Waals surface area (Å²) in [6.45, 7) is 1.75. The van der Waals surface area contributed by atoms with E-state index in [2.05, 4.69) is 10.1 Å². The van der Waals surface area contributed by atoms with E-state index in [9.17, 15) is 18.0 Å². The molecule has 1 fully saturated rings. The molecule has 4 rings (SSSR count). The van der Waals surface area contributed by atoms with Crippen LogP contribution < -0.4 is 9.64 Å². The van der Waals surface area contributed by atoms with Gasteiger partial charge in [0.25, 0.3) is 0 Å². The maximum absolute atomic E-state index is 13.2. The predicted molar refractivity (Wildman–Crippen MR) is 118 cm³/mol. The molecule has 33 heavy (non-hydrogen) atoms. The standard InChI is InChI=1S/C22H22N4O6S/c1-14-6-4-5-7-16(14)22-23-19(32-24-22)13-25(2)33(29,30)15-8-9-18(31-3)17(12-15)26-20(27)10-11-21(26)28/h4-9,12H,10-11,13H2,1-3H3. The Labute approximate surface area is 190 Å². The van der Waals surface area contributed by atoms with Gasteiger partial charge in [-0.3, -0.25) is 9.59 Å². The van der Waals surface area contributed by atoms with Crippen molar-refractivity contribution in [1.82, 2.24) is 14.4 Å². The summed E-state index contributed by atoms with van der Waals surface area (Å²) in [5, 5.41) is 3.96. The second-order valence-electron chi connectivity index (χ2n) is 7.54. The summed E-state index contributed by atoms with van der Waals surface area (Å²) in [4.78, 5) is 29.6. The molecule has 0 unspecified atom stereocenters. The van der Waals surface area contributed by atoms with Crippen LogP contribution in [-0.2, 0) is 26.2 Å². The molecule has 11 heteroatoms. The highest BCUT2D eigenvalue weighted by molar-refractivity contribution is 7.89. The van der Waals surface area contributed by atoms with Crippen LogP contribution in [0.3, 0.4) is 0 Å². The van der Waals surface area contributed by atoms with Crippen LogP contribution >= 0.6 is 0 Å². The number of nitrogens with zero attached hydrogens (tertiary/aromatic N) is 4. The zero-order chi connectivity index (χ0) is 23.8. The van der Waals surface area contributed by atoms with Crippen molar-refractivity contribution >= 4 is 27.5 Å². The van der Waals surface area contributed by atoms with Gasteiger partial charge in [-0.1, -0.05) is 29.4 Å². The van der Waals surface area contributed by atoms with Crippen LogP contribution in [-0.4, -0.2) is 48.8 Å². The number of anilines is 1. The first-order chi connectivity index (χ1) is 15.7. The van der Waals surface area contributed by atoms with E-state index >= 15 is 0 Å². The summed E-state index contributed by atoms with van der Waals surface area (Å²) in [5.74, 6) is -0.101. The molecule has 3 aromatic rings. The zero-order valence-electron chi connectivity index (χ0n) is 18.3. The van der Waals surface area contributed by atoms with Crippen LogP contribution in [0.2, 0.25) is 0 Å². The van der Waals surface area contributed by atoms with Gasteiger partial charge < -0.3 is 9.26 Å². The molecule has 0 radical (unpaired) electrons. The largest absolute Gasteiger partial charge is 0.495 e. The Morgan fingerprint density at radius 2 is 1.82 bits per heavy atom. The first-order valence-electron chi connectivity index (χ1n) is 10.1. The highest BCUT2D eigenvalue weighted by Crippen LogP contribution is 2.35. The number of methoxy groups -OCH3 is 1. The van der Waals surface area contributed by atoms with E-state index in [1.54, 1.807) is 0 Å². The Balaban J connectivity index is 1.61. The normalized spacial score (nSPS) is 14.4. The van der Waals surface area contributed by atoms with Crippen molar-refractivity contribution in [2.45, 2.75) is 31.2 Å². The molecule has 172 valence electrons. The Hall–Kier alpha value is -3.57. The molecule has 1 aliphatic rings. The number of aromatic nitrogens is 2. The molecule has 0 aliphatic carbocycles. The topological polar surface area (TPSA) is 123 Å². The summed E-state index contributed by atoms with van der Waals surface area (Å²) >= 11 is 0. The van der Waals surface area contributed by atoms with Gasteiger partial charge in [0.1, 0.15) is 5.75 Å². The van der Waals surface area contributed by atoms with Crippen molar-refractivity contribution < 1.29 is 27.3 Å². The molecule has 2 aromatic carbocycles. The van der Waals surface area contributed by atoms with Crippen molar-refractivity contribution in [2.24, 2.45) is 0 Å². The summed E-state index contributed by atoms with van der Waals surface area (Å²) in [7, 11) is -1.25. The van der Waals surface area contributed by atoms with E-state index in [0.717, 1.165) is 20.3 Å². The lowest BCUT2D eigenvalue weighted by atomic mass is 10.1.